The SMILES string of the molecule is CCCCC1Cc2cccc(-c3ccc4ccccc4c3)c2C1. The lowest BCUT2D eigenvalue weighted by molar-refractivity contribution is 0.489. The first-order valence-electron chi connectivity index (χ1n) is 8.95. The zero-order valence-electron chi connectivity index (χ0n) is 13.9. The highest BCUT2D eigenvalue weighted by Gasteiger charge is 2.23. The molecule has 0 amide bonds. The second-order valence-corrected chi connectivity index (χ2v) is 6.92. The van der Waals surface area contributed by atoms with Gasteiger partial charge in [0.05, 0.1) is 0 Å². The van der Waals surface area contributed by atoms with Crippen molar-refractivity contribution in [1.29, 1.82) is 0 Å². The van der Waals surface area contributed by atoms with Crippen molar-refractivity contribution in [1.82, 2.24) is 0 Å². The molecule has 1 unspecified atom stereocenters. The Labute approximate surface area is 139 Å². The molecule has 116 valence electrons. The van der Waals surface area contributed by atoms with Gasteiger partial charge in [-0.1, -0.05) is 74.4 Å². The Morgan fingerprint density at radius 3 is 2.61 bits per heavy atom. The highest BCUT2D eigenvalue weighted by atomic mass is 14.3. The second kappa shape index (κ2) is 6.20. The highest BCUT2D eigenvalue weighted by Crippen LogP contribution is 2.37. The molecule has 23 heavy (non-hydrogen) atoms. The van der Waals surface area contributed by atoms with Crippen molar-refractivity contribution in [2.75, 3.05) is 0 Å². The van der Waals surface area contributed by atoms with Crippen molar-refractivity contribution in [2.45, 2.75) is 39.0 Å². The number of benzene rings is 3. The fraction of sp³-hybridized carbons (Fsp3) is 0.304. The van der Waals surface area contributed by atoms with Gasteiger partial charge in [-0.2, -0.15) is 0 Å². The molecular weight excluding hydrogens is 276 g/mol. The summed E-state index contributed by atoms with van der Waals surface area (Å²) in [5.74, 6) is 0.853. The normalized spacial score (nSPS) is 16.7. The molecule has 3 aromatic rings. The Balaban J connectivity index is 1.71. The van der Waals surface area contributed by atoms with E-state index in [-0.39, 0.29) is 0 Å². The largest absolute Gasteiger partial charge is 0.0654 e. The molecule has 0 aliphatic heterocycles. The van der Waals surface area contributed by atoms with E-state index < -0.39 is 0 Å². The molecular formula is C23H24. The van der Waals surface area contributed by atoms with Gasteiger partial charge in [0.2, 0.25) is 0 Å². The highest BCUT2D eigenvalue weighted by molar-refractivity contribution is 5.88. The Morgan fingerprint density at radius 1 is 0.870 bits per heavy atom. The van der Waals surface area contributed by atoms with Crippen LogP contribution in [0.25, 0.3) is 21.9 Å². The van der Waals surface area contributed by atoms with Crippen LogP contribution in [0.15, 0.2) is 60.7 Å². The maximum absolute atomic E-state index is 2.35. The maximum Gasteiger partial charge on any atom is -0.0149 e. The molecule has 0 heterocycles. The van der Waals surface area contributed by atoms with Gasteiger partial charge in [0.25, 0.3) is 0 Å². The molecule has 0 N–H and O–H groups in total. The van der Waals surface area contributed by atoms with E-state index >= 15 is 0 Å². The summed E-state index contributed by atoms with van der Waals surface area (Å²) < 4.78 is 0. The Morgan fingerprint density at radius 2 is 1.74 bits per heavy atom. The molecule has 4 rings (SSSR count). The number of unbranched alkanes of at least 4 members (excludes halogenated alkanes) is 1. The van der Waals surface area contributed by atoms with E-state index in [1.54, 1.807) is 11.1 Å². The van der Waals surface area contributed by atoms with Crippen LogP contribution in [0, 0.1) is 5.92 Å². The molecule has 1 atom stereocenters. The number of rotatable bonds is 4. The van der Waals surface area contributed by atoms with Gasteiger partial charge in [-0.15, -0.1) is 0 Å². The van der Waals surface area contributed by atoms with Crippen molar-refractivity contribution in [3.63, 3.8) is 0 Å². The molecule has 0 heteroatoms. The Hall–Kier alpha value is -2.08. The summed E-state index contributed by atoms with van der Waals surface area (Å²) in [6.45, 7) is 2.29. The minimum atomic E-state index is 0.853. The maximum atomic E-state index is 2.35. The average Bonchev–Trinajstić information content (AvgIpc) is 3.02. The molecule has 0 nitrogen and oxygen atoms in total. The lowest BCUT2D eigenvalue weighted by atomic mass is 9.94. The smallest absolute Gasteiger partial charge is 0.0149 e. The van der Waals surface area contributed by atoms with Crippen molar-refractivity contribution < 1.29 is 0 Å². The van der Waals surface area contributed by atoms with Crippen molar-refractivity contribution >= 4 is 10.8 Å². The molecule has 0 radical (unpaired) electrons. The summed E-state index contributed by atoms with van der Waals surface area (Å²) in [5.41, 5.74) is 6.00. The topological polar surface area (TPSA) is 0 Å². The van der Waals surface area contributed by atoms with Crippen LogP contribution >= 0.6 is 0 Å². The van der Waals surface area contributed by atoms with Crippen molar-refractivity contribution in [3.05, 3.63) is 71.8 Å². The fourth-order valence-corrected chi connectivity index (χ4v) is 4.06. The molecule has 0 fully saturated rings. The molecule has 0 saturated carbocycles. The minimum absolute atomic E-state index is 0.853. The zero-order chi connectivity index (χ0) is 15.6. The van der Waals surface area contributed by atoms with Crippen LogP contribution in [-0.4, -0.2) is 0 Å². The predicted molar refractivity (Wildman–Crippen MR) is 99.8 cm³/mol. The first-order chi connectivity index (χ1) is 11.3. The molecule has 3 aromatic carbocycles. The second-order valence-electron chi connectivity index (χ2n) is 6.92. The molecule has 0 aromatic heterocycles. The van der Waals surface area contributed by atoms with E-state index in [0.717, 1.165) is 5.92 Å². The van der Waals surface area contributed by atoms with Gasteiger partial charge in [-0.3, -0.25) is 0 Å². The van der Waals surface area contributed by atoms with Crippen molar-refractivity contribution in [2.24, 2.45) is 5.92 Å². The molecule has 0 bridgehead atoms. The van der Waals surface area contributed by atoms with Crippen LogP contribution in [0.1, 0.15) is 37.3 Å². The molecule has 0 saturated heterocycles. The molecule has 1 aliphatic rings. The number of fused-ring (bicyclic) bond motifs is 2. The van der Waals surface area contributed by atoms with Crippen LogP contribution in [0.2, 0.25) is 0 Å². The van der Waals surface area contributed by atoms with Crippen LogP contribution in [-0.2, 0) is 12.8 Å². The standard InChI is InChI=1S/C23H24/c1-2-3-7-17-14-20-10-6-11-22(23(20)15-17)21-13-12-18-8-4-5-9-19(18)16-21/h4-6,8-13,16-17H,2-3,7,14-15H2,1H3. The van der Waals surface area contributed by atoms with Gasteiger partial charge in [-0.25, -0.2) is 0 Å². The van der Waals surface area contributed by atoms with Gasteiger partial charge in [0.1, 0.15) is 0 Å². The van der Waals surface area contributed by atoms with Gasteiger partial charge < -0.3 is 0 Å². The summed E-state index contributed by atoms with van der Waals surface area (Å²) in [5, 5.41) is 2.66. The van der Waals surface area contributed by atoms with E-state index in [0.29, 0.717) is 0 Å². The molecule has 1 aliphatic carbocycles. The predicted octanol–water partition coefficient (Wildman–Crippen LogP) is 6.41. The van der Waals surface area contributed by atoms with Crippen molar-refractivity contribution in [3.8, 4) is 11.1 Å². The summed E-state index contributed by atoms with van der Waals surface area (Å²) in [6, 6.07) is 22.4. The van der Waals surface area contributed by atoms with E-state index in [2.05, 4.69) is 67.6 Å². The Kier molecular flexibility index (Phi) is 3.91. The average molecular weight is 300 g/mol. The molecule has 0 spiro atoms. The van der Waals surface area contributed by atoms with E-state index in [1.807, 2.05) is 0 Å². The van der Waals surface area contributed by atoms with Gasteiger partial charge in [0, 0.05) is 0 Å². The third-order valence-corrected chi connectivity index (χ3v) is 5.30. The van der Waals surface area contributed by atoms with Gasteiger partial charge in [-0.05, 0) is 64.3 Å². The lowest BCUT2D eigenvalue weighted by Crippen LogP contribution is -1.98. The summed E-state index contributed by atoms with van der Waals surface area (Å²) in [6.07, 6.45) is 6.59. The first-order valence-corrected chi connectivity index (χ1v) is 8.95. The van der Waals surface area contributed by atoms with Crippen LogP contribution < -0.4 is 0 Å². The lowest BCUT2D eigenvalue weighted by Gasteiger charge is -2.10. The summed E-state index contributed by atoms with van der Waals surface area (Å²) >= 11 is 0. The van der Waals surface area contributed by atoms with Gasteiger partial charge >= 0.3 is 0 Å². The van der Waals surface area contributed by atoms with E-state index in [4.69, 9.17) is 0 Å². The van der Waals surface area contributed by atoms with Crippen LogP contribution in [0.3, 0.4) is 0 Å². The van der Waals surface area contributed by atoms with Crippen LogP contribution in [0.4, 0.5) is 0 Å². The quantitative estimate of drug-likeness (QED) is 0.522. The number of hydrogen-bond donors (Lipinski definition) is 0. The van der Waals surface area contributed by atoms with E-state index in [1.165, 1.54) is 54.0 Å². The summed E-state index contributed by atoms with van der Waals surface area (Å²) in [7, 11) is 0. The first kappa shape index (κ1) is 14.5. The van der Waals surface area contributed by atoms with Crippen LogP contribution in [0.5, 0.6) is 0 Å². The zero-order valence-corrected chi connectivity index (χ0v) is 13.9. The summed E-state index contributed by atoms with van der Waals surface area (Å²) in [4.78, 5) is 0. The third kappa shape index (κ3) is 2.79. The fourth-order valence-electron chi connectivity index (χ4n) is 4.06. The Bertz CT molecular complexity index is 828. The third-order valence-electron chi connectivity index (χ3n) is 5.30. The monoisotopic (exact) mass is 300 g/mol. The van der Waals surface area contributed by atoms with Gasteiger partial charge in [0.15, 0.2) is 0 Å². The van der Waals surface area contributed by atoms with E-state index in [9.17, 15) is 0 Å². The number of hydrogen-bond acceptors (Lipinski definition) is 0. The minimum Gasteiger partial charge on any atom is -0.0654 e.